The number of carbonyl (C=O) groups is 1. The molecule has 2 N–H and O–H groups in total. The molecule has 1 aliphatic heterocycles. The third-order valence-electron chi connectivity index (χ3n) is 5.94. The smallest absolute Gasteiger partial charge is 0.266 e. The molecule has 8 nitrogen and oxygen atoms in total. The largest absolute Gasteiger partial charge is 0.494 e. The van der Waals surface area contributed by atoms with E-state index in [-0.39, 0.29) is 24.4 Å². The van der Waals surface area contributed by atoms with Crippen molar-refractivity contribution in [3.8, 4) is 5.75 Å². The lowest BCUT2D eigenvalue weighted by molar-refractivity contribution is 0.0921. The molecule has 9 heteroatoms. The molecule has 182 valence electrons. The van der Waals surface area contributed by atoms with Crippen molar-refractivity contribution >= 4 is 11.9 Å². The normalized spacial score (nSPS) is 16.0. The first-order valence-corrected chi connectivity index (χ1v) is 11.6. The van der Waals surface area contributed by atoms with E-state index in [1.54, 1.807) is 13.0 Å². The molecule has 33 heavy (non-hydrogen) atoms. The molecule has 0 unspecified atom stereocenters. The van der Waals surface area contributed by atoms with Crippen molar-refractivity contribution in [1.82, 2.24) is 15.5 Å². The Kier molecular flexibility index (Phi) is 8.29. The Balaban J connectivity index is 1.38. The standard InChI is InChI=1S/C24H35FN4O4/c1-16-14-19(7-8-20(16)21(31)26-17(2)15-30)32-13-5-6-18-9-11-29(12-10-18)23-27-22(33-28-23)24(3,4)25/h7-8,14,17-18,30H,5-6,9-13,15H2,1-4H3,(H,26,31)/t17-/m1/s1. The van der Waals surface area contributed by atoms with Crippen LogP contribution in [0, 0.1) is 12.8 Å². The predicted octanol–water partition coefficient (Wildman–Crippen LogP) is 3.77. The molecule has 1 saturated heterocycles. The fourth-order valence-electron chi connectivity index (χ4n) is 3.90. The minimum absolute atomic E-state index is 0.0142. The lowest BCUT2D eigenvalue weighted by Crippen LogP contribution is -2.35. The number of halogens is 1. The fourth-order valence-corrected chi connectivity index (χ4v) is 3.90. The molecule has 0 aliphatic carbocycles. The maximum Gasteiger partial charge on any atom is 0.266 e. The van der Waals surface area contributed by atoms with Crippen LogP contribution in [-0.4, -0.2) is 53.5 Å². The average Bonchev–Trinajstić information content (AvgIpc) is 3.28. The van der Waals surface area contributed by atoms with E-state index in [9.17, 15) is 9.18 Å². The molecule has 0 radical (unpaired) electrons. The number of piperidine rings is 1. The molecule has 3 rings (SSSR count). The Morgan fingerprint density at radius 2 is 2.12 bits per heavy atom. The third-order valence-corrected chi connectivity index (χ3v) is 5.94. The summed E-state index contributed by atoms with van der Waals surface area (Å²) in [4.78, 5) is 18.5. The van der Waals surface area contributed by atoms with Crippen LogP contribution in [0.1, 0.15) is 68.3 Å². The second-order valence-corrected chi connectivity index (χ2v) is 9.33. The van der Waals surface area contributed by atoms with Crippen molar-refractivity contribution < 1.29 is 23.6 Å². The topological polar surface area (TPSA) is 101 Å². The Labute approximate surface area is 194 Å². The van der Waals surface area contributed by atoms with Gasteiger partial charge in [-0.1, -0.05) is 0 Å². The van der Waals surface area contributed by atoms with Gasteiger partial charge < -0.3 is 24.6 Å². The SMILES string of the molecule is Cc1cc(OCCCC2CCN(c3noc(C(C)(C)F)n3)CC2)ccc1C(=O)N[C@H](C)CO. The summed E-state index contributed by atoms with van der Waals surface area (Å²) < 4.78 is 24.9. The summed E-state index contributed by atoms with van der Waals surface area (Å²) in [6.45, 7) is 8.62. The maximum absolute atomic E-state index is 13.9. The molecule has 1 aromatic carbocycles. The highest BCUT2D eigenvalue weighted by molar-refractivity contribution is 5.95. The number of benzene rings is 1. The van der Waals surface area contributed by atoms with E-state index in [2.05, 4.69) is 15.5 Å². The van der Waals surface area contributed by atoms with Gasteiger partial charge in [0.05, 0.1) is 13.2 Å². The summed E-state index contributed by atoms with van der Waals surface area (Å²) in [5.74, 6) is 1.64. The predicted molar refractivity (Wildman–Crippen MR) is 123 cm³/mol. The number of nitrogens with zero attached hydrogens (tertiary/aromatic N) is 3. The quantitative estimate of drug-likeness (QED) is 0.518. The summed E-state index contributed by atoms with van der Waals surface area (Å²) in [5.41, 5.74) is -0.214. The Bertz CT molecular complexity index is 919. The van der Waals surface area contributed by atoms with Crippen LogP contribution in [0.3, 0.4) is 0 Å². The fraction of sp³-hybridized carbons (Fsp3) is 0.625. The molecule has 1 atom stereocenters. The minimum Gasteiger partial charge on any atom is -0.494 e. The minimum atomic E-state index is -1.63. The number of ether oxygens (including phenoxy) is 1. The van der Waals surface area contributed by atoms with Gasteiger partial charge in [-0.25, -0.2) is 4.39 Å². The number of carbonyl (C=O) groups excluding carboxylic acids is 1. The van der Waals surface area contributed by atoms with Crippen molar-refractivity contribution in [1.29, 1.82) is 0 Å². The van der Waals surface area contributed by atoms with Gasteiger partial charge in [0.25, 0.3) is 17.7 Å². The first-order chi connectivity index (χ1) is 15.7. The highest BCUT2D eigenvalue weighted by atomic mass is 19.1. The number of hydrogen-bond donors (Lipinski definition) is 2. The van der Waals surface area contributed by atoms with Gasteiger partial charge in [0, 0.05) is 24.7 Å². The van der Waals surface area contributed by atoms with Gasteiger partial charge in [-0.05, 0) is 88.2 Å². The van der Waals surface area contributed by atoms with E-state index in [4.69, 9.17) is 14.4 Å². The van der Waals surface area contributed by atoms with E-state index in [1.807, 2.05) is 24.0 Å². The zero-order chi connectivity index (χ0) is 24.0. The maximum atomic E-state index is 13.9. The lowest BCUT2D eigenvalue weighted by atomic mass is 9.92. The molecular formula is C24H35FN4O4. The van der Waals surface area contributed by atoms with Gasteiger partial charge in [0.15, 0.2) is 5.67 Å². The van der Waals surface area contributed by atoms with Crippen LogP contribution in [0.4, 0.5) is 10.3 Å². The molecular weight excluding hydrogens is 427 g/mol. The number of aliphatic hydroxyl groups excluding tert-OH is 1. The van der Waals surface area contributed by atoms with Crippen LogP contribution in [0.15, 0.2) is 22.7 Å². The van der Waals surface area contributed by atoms with Gasteiger partial charge in [0.1, 0.15) is 5.75 Å². The average molecular weight is 463 g/mol. The van der Waals surface area contributed by atoms with Crippen LogP contribution in [0.2, 0.25) is 0 Å². The summed E-state index contributed by atoms with van der Waals surface area (Å²) in [6.07, 6.45) is 4.07. The van der Waals surface area contributed by atoms with Gasteiger partial charge in [-0.2, -0.15) is 4.98 Å². The van der Waals surface area contributed by atoms with Crippen LogP contribution < -0.4 is 15.0 Å². The first-order valence-electron chi connectivity index (χ1n) is 11.6. The number of amides is 1. The Hall–Kier alpha value is -2.68. The molecule has 0 spiro atoms. The highest BCUT2D eigenvalue weighted by Gasteiger charge is 2.29. The van der Waals surface area contributed by atoms with Crippen molar-refractivity contribution in [2.45, 2.75) is 65.1 Å². The lowest BCUT2D eigenvalue weighted by Gasteiger charge is -2.30. The summed E-state index contributed by atoms with van der Waals surface area (Å²) in [7, 11) is 0. The van der Waals surface area contributed by atoms with Crippen LogP contribution in [0.5, 0.6) is 5.75 Å². The number of nitrogens with one attached hydrogen (secondary N) is 1. The number of aryl methyl sites for hydroxylation is 1. The number of aromatic nitrogens is 2. The summed E-state index contributed by atoms with van der Waals surface area (Å²) in [5, 5.41) is 15.8. The van der Waals surface area contributed by atoms with Crippen LogP contribution in [0.25, 0.3) is 0 Å². The first kappa shape index (κ1) is 25.0. The number of rotatable bonds is 10. The highest BCUT2D eigenvalue weighted by Crippen LogP contribution is 2.28. The van der Waals surface area contributed by atoms with Crippen molar-refractivity contribution in [2.75, 3.05) is 31.2 Å². The summed E-state index contributed by atoms with van der Waals surface area (Å²) >= 11 is 0. The van der Waals surface area contributed by atoms with Gasteiger partial charge in [0.2, 0.25) is 0 Å². The number of hydrogen-bond acceptors (Lipinski definition) is 7. The Morgan fingerprint density at radius 1 is 1.39 bits per heavy atom. The van der Waals surface area contributed by atoms with Crippen molar-refractivity contribution in [3.63, 3.8) is 0 Å². The number of aliphatic hydroxyl groups is 1. The van der Waals surface area contributed by atoms with Crippen molar-refractivity contribution in [2.24, 2.45) is 5.92 Å². The molecule has 1 aromatic heterocycles. The monoisotopic (exact) mass is 462 g/mol. The Morgan fingerprint density at radius 3 is 2.73 bits per heavy atom. The molecule has 2 aromatic rings. The van der Waals surface area contributed by atoms with E-state index in [0.717, 1.165) is 50.1 Å². The molecule has 1 amide bonds. The number of anilines is 1. The van der Waals surface area contributed by atoms with Gasteiger partial charge in [-0.15, -0.1) is 0 Å². The second kappa shape index (κ2) is 11.0. The zero-order valence-electron chi connectivity index (χ0n) is 19.9. The molecule has 0 bridgehead atoms. The van der Waals surface area contributed by atoms with Crippen LogP contribution in [-0.2, 0) is 5.67 Å². The van der Waals surface area contributed by atoms with Crippen molar-refractivity contribution in [3.05, 3.63) is 35.2 Å². The molecule has 0 saturated carbocycles. The summed E-state index contributed by atoms with van der Waals surface area (Å²) in [6, 6.07) is 5.15. The van der Waals surface area contributed by atoms with E-state index in [1.165, 1.54) is 13.8 Å². The molecule has 2 heterocycles. The molecule has 1 fully saturated rings. The third kappa shape index (κ3) is 6.90. The molecule has 1 aliphatic rings. The zero-order valence-corrected chi connectivity index (χ0v) is 19.9. The van der Waals surface area contributed by atoms with E-state index < -0.39 is 5.67 Å². The van der Waals surface area contributed by atoms with E-state index >= 15 is 0 Å². The van der Waals surface area contributed by atoms with Crippen LogP contribution >= 0.6 is 0 Å². The van der Waals surface area contributed by atoms with Gasteiger partial charge >= 0.3 is 0 Å². The van der Waals surface area contributed by atoms with Gasteiger partial charge in [-0.3, -0.25) is 4.79 Å². The number of alkyl halides is 1. The second-order valence-electron chi connectivity index (χ2n) is 9.33. The van der Waals surface area contributed by atoms with E-state index in [0.29, 0.717) is 24.0 Å².